The summed E-state index contributed by atoms with van der Waals surface area (Å²) in [5, 5.41) is 3.99. The smallest absolute Gasteiger partial charge is 0.416 e. The molecule has 0 amide bonds. The number of halogens is 3. The Morgan fingerprint density at radius 3 is 2.35 bits per heavy atom. The number of alkyl halides is 3. The number of carbonyl (C=O) groups is 1. The number of allylic oxidation sites excluding steroid dienone is 1. The van der Waals surface area contributed by atoms with E-state index >= 15 is 0 Å². The van der Waals surface area contributed by atoms with Crippen molar-refractivity contribution in [1.82, 2.24) is 0 Å². The van der Waals surface area contributed by atoms with Crippen LogP contribution in [0.3, 0.4) is 0 Å². The van der Waals surface area contributed by atoms with Gasteiger partial charge in [0.05, 0.1) is 31.8 Å². The number of methoxy groups -OCH3 is 2. The van der Waals surface area contributed by atoms with Crippen LogP contribution in [0.1, 0.15) is 29.2 Å². The third-order valence-electron chi connectivity index (χ3n) is 4.13. The second-order valence-corrected chi connectivity index (χ2v) is 6.38. The van der Waals surface area contributed by atoms with Crippen molar-refractivity contribution in [2.75, 3.05) is 14.2 Å². The monoisotopic (exact) mass is 433 g/mol. The molecule has 0 aromatic heterocycles. The van der Waals surface area contributed by atoms with Crippen LogP contribution >= 0.6 is 0 Å². The summed E-state index contributed by atoms with van der Waals surface area (Å²) in [5.41, 5.74) is 1.93. The van der Waals surface area contributed by atoms with Gasteiger partial charge in [-0.1, -0.05) is 47.6 Å². The van der Waals surface area contributed by atoms with Gasteiger partial charge < -0.3 is 14.3 Å². The molecule has 31 heavy (non-hydrogen) atoms. The molecule has 0 bridgehead atoms. The van der Waals surface area contributed by atoms with Crippen molar-refractivity contribution in [3.63, 3.8) is 0 Å². The van der Waals surface area contributed by atoms with Crippen molar-refractivity contribution >= 4 is 23.3 Å². The van der Waals surface area contributed by atoms with Crippen molar-refractivity contribution < 1.29 is 32.3 Å². The Morgan fingerprint density at radius 1 is 1.06 bits per heavy atom. The normalized spacial score (nSPS) is 12.7. The molecule has 0 saturated heterocycles. The van der Waals surface area contributed by atoms with Crippen LogP contribution in [0.5, 0.6) is 0 Å². The molecule has 2 aromatic carbocycles. The first-order chi connectivity index (χ1) is 14.8. The molecule has 0 heterocycles. The van der Waals surface area contributed by atoms with Gasteiger partial charge in [0.2, 0.25) is 0 Å². The topological polar surface area (TPSA) is 57.1 Å². The first-order valence-corrected chi connectivity index (χ1v) is 9.17. The molecule has 8 heteroatoms. The van der Waals surface area contributed by atoms with E-state index in [2.05, 4.69) is 5.16 Å². The maximum absolute atomic E-state index is 12.6. The van der Waals surface area contributed by atoms with Gasteiger partial charge in [-0.3, -0.25) is 0 Å². The zero-order valence-electron chi connectivity index (χ0n) is 17.3. The lowest BCUT2D eigenvalue weighted by atomic mass is 10.0. The van der Waals surface area contributed by atoms with Crippen molar-refractivity contribution in [3.05, 3.63) is 83.1 Å². The van der Waals surface area contributed by atoms with E-state index in [1.807, 2.05) is 0 Å². The predicted octanol–water partition coefficient (Wildman–Crippen LogP) is 5.47. The first-order valence-electron chi connectivity index (χ1n) is 9.17. The van der Waals surface area contributed by atoms with E-state index in [-0.39, 0.29) is 12.2 Å². The predicted molar refractivity (Wildman–Crippen MR) is 112 cm³/mol. The molecule has 0 saturated carbocycles. The van der Waals surface area contributed by atoms with Crippen LogP contribution in [0.15, 0.2) is 66.0 Å². The second-order valence-electron chi connectivity index (χ2n) is 6.38. The molecule has 0 N–H and O–H groups in total. The molecular weight excluding hydrogens is 411 g/mol. The molecule has 0 fully saturated rings. The highest BCUT2D eigenvalue weighted by Gasteiger charge is 2.29. The van der Waals surface area contributed by atoms with E-state index in [4.69, 9.17) is 14.3 Å². The van der Waals surface area contributed by atoms with E-state index in [1.54, 1.807) is 43.3 Å². The maximum Gasteiger partial charge on any atom is 0.416 e. The average molecular weight is 433 g/mol. The van der Waals surface area contributed by atoms with Gasteiger partial charge in [0, 0.05) is 5.56 Å². The van der Waals surface area contributed by atoms with E-state index < -0.39 is 17.7 Å². The lowest BCUT2D eigenvalue weighted by molar-refractivity contribution is -0.137. The molecule has 0 unspecified atom stereocenters. The maximum atomic E-state index is 12.6. The molecule has 0 spiro atoms. The van der Waals surface area contributed by atoms with Crippen molar-refractivity contribution in [3.8, 4) is 0 Å². The van der Waals surface area contributed by atoms with Crippen molar-refractivity contribution in [2.45, 2.75) is 19.7 Å². The number of rotatable bonds is 8. The lowest BCUT2D eigenvalue weighted by Gasteiger charge is -2.10. The number of benzene rings is 2. The summed E-state index contributed by atoms with van der Waals surface area (Å²) in [6.45, 7) is 1.77. The number of carbonyl (C=O) groups excluding carboxylic acids is 1. The van der Waals surface area contributed by atoms with Gasteiger partial charge in [-0.05, 0) is 36.3 Å². The Morgan fingerprint density at radius 2 is 1.74 bits per heavy atom. The van der Waals surface area contributed by atoms with E-state index in [1.165, 1.54) is 32.6 Å². The Kier molecular flexibility index (Phi) is 8.43. The van der Waals surface area contributed by atoms with E-state index in [0.29, 0.717) is 22.4 Å². The third-order valence-corrected chi connectivity index (χ3v) is 4.13. The summed E-state index contributed by atoms with van der Waals surface area (Å²) in [7, 11) is 2.71. The summed E-state index contributed by atoms with van der Waals surface area (Å²) in [6, 6.07) is 11.9. The van der Waals surface area contributed by atoms with Crippen LogP contribution in [-0.4, -0.2) is 25.9 Å². The average Bonchev–Trinajstić information content (AvgIpc) is 2.75. The SMILES string of the molecule is CO/C=C(\C(=O)OC)c1ccccc1CO/N=C(C)/C=C/c1ccc(C(F)(F)F)cc1. The number of esters is 1. The van der Waals surface area contributed by atoms with E-state index in [9.17, 15) is 18.0 Å². The third kappa shape index (κ3) is 7.02. The van der Waals surface area contributed by atoms with E-state index in [0.717, 1.165) is 12.1 Å². The standard InChI is InChI=1S/C23H22F3NO4/c1-16(8-9-17-10-12-19(13-11-17)23(24,25)26)27-31-14-18-6-4-5-7-20(18)21(15-29-2)22(28)30-3/h4-13,15H,14H2,1-3H3/b9-8+,21-15-,27-16+. The molecule has 2 aromatic rings. The summed E-state index contributed by atoms with van der Waals surface area (Å²) < 4.78 is 47.6. The quantitative estimate of drug-likeness (QED) is 0.182. The molecule has 0 aliphatic heterocycles. The van der Waals surface area contributed by atoms with Crippen LogP contribution in [0.25, 0.3) is 11.6 Å². The number of hydrogen-bond donors (Lipinski definition) is 0. The second kappa shape index (κ2) is 11.0. The highest BCUT2D eigenvalue weighted by molar-refractivity contribution is 6.16. The number of nitrogens with zero attached hydrogens (tertiary/aromatic N) is 1. The molecule has 5 nitrogen and oxygen atoms in total. The molecule has 0 atom stereocenters. The minimum Gasteiger partial charge on any atom is -0.503 e. The minimum absolute atomic E-state index is 0.0830. The Balaban J connectivity index is 2.06. The van der Waals surface area contributed by atoms with Crippen molar-refractivity contribution in [1.29, 1.82) is 0 Å². The molecule has 0 aliphatic carbocycles. The summed E-state index contributed by atoms with van der Waals surface area (Å²) in [5.74, 6) is -0.548. The zero-order chi connectivity index (χ0) is 22.9. The molecule has 164 valence electrons. The zero-order valence-corrected chi connectivity index (χ0v) is 17.3. The van der Waals surface area contributed by atoms with Gasteiger partial charge in [-0.15, -0.1) is 0 Å². The largest absolute Gasteiger partial charge is 0.503 e. The number of oxime groups is 1. The molecule has 0 radical (unpaired) electrons. The van der Waals surface area contributed by atoms with Gasteiger partial charge in [0.15, 0.2) is 0 Å². The number of hydrogen-bond acceptors (Lipinski definition) is 5. The highest BCUT2D eigenvalue weighted by Crippen LogP contribution is 2.29. The molecular formula is C23H22F3NO4. The minimum atomic E-state index is -4.37. The Bertz CT molecular complexity index is 977. The van der Waals surface area contributed by atoms with Gasteiger partial charge in [-0.25, -0.2) is 4.79 Å². The number of ether oxygens (including phenoxy) is 2. The van der Waals surface area contributed by atoms with Gasteiger partial charge in [0.25, 0.3) is 0 Å². The fraction of sp³-hybridized carbons (Fsp3) is 0.217. The molecule has 0 aliphatic rings. The Hall–Kier alpha value is -3.55. The van der Waals surface area contributed by atoms with Crippen LogP contribution in [-0.2, 0) is 31.9 Å². The van der Waals surface area contributed by atoms with Crippen LogP contribution in [0, 0.1) is 0 Å². The Labute approximate surface area is 178 Å². The van der Waals surface area contributed by atoms with Crippen molar-refractivity contribution in [2.24, 2.45) is 5.16 Å². The highest BCUT2D eigenvalue weighted by atomic mass is 19.4. The van der Waals surface area contributed by atoms with Gasteiger partial charge >= 0.3 is 12.1 Å². The van der Waals surface area contributed by atoms with Gasteiger partial charge in [0.1, 0.15) is 12.2 Å². The van der Waals surface area contributed by atoms with Crippen LogP contribution in [0.4, 0.5) is 13.2 Å². The fourth-order valence-corrected chi connectivity index (χ4v) is 2.59. The molecule has 2 rings (SSSR count). The summed E-state index contributed by atoms with van der Waals surface area (Å²) in [6.07, 6.45) is 0.189. The fourth-order valence-electron chi connectivity index (χ4n) is 2.59. The van der Waals surface area contributed by atoms with Crippen LogP contribution < -0.4 is 0 Å². The lowest BCUT2D eigenvalue weighted by Crippen LogP contribution is -2.07. The summed E-state index contributed by atoms with van der Waals surface area (Å²) in [4.78, 5) is 17.4. The first kappa shape index (κ1) is 23.7. The van der Waals surface area contributed by atoms with Crippen LogP contribution in [0.2, 0.25) is 0 Å². The summed E-state index contributed by atoms with van der Waals surface area (Å²) >= 11 is 0. The van der Waals surface area contributed by atoms with Gasteiger partial charge in [-0.2, -0.15) is 13.2 Å².